The molecule has 0 saturated heterocycles. The molecule has 0 aliphatic carbocycles. The highest BCUT2D eigenvalue weighted by molar-refractivity contribution is 7.21. The summed E-state index contributed by atoms with van der Waals surface area (Å²) in [6.45, 7) is 6.10. The summed E-state index contributed by atoms with van der Waals surface area (Å²) >= 11 is 1.66. The van der Waals surface area contributed by atoms with Crippen LogP contribution in [0.3, 0.4) is 0 Å². The molecular weight excluding hydrogens is 456 g/mol. The van der Waals surface area contributed by atoms with Gasteiger partial charge in [0.05, 0.1) is 10.2 Å². The first kappa shape index (κ1) is 22.6. The molecule has 2 aromatic heterocycles. The van der Waals surface area contributed by atoms with Crippen molar-refractivity contribution in [3.63, 3.8) is 0 Å². The first-order valence-electron chi connectivity index (χ1n) is 11.3. The molecule has 35 heavy (non-hydrogen) atoms. The molecule has 5 rings (SSSR count). The van der Waals surface area contributed by atoms with Crippen molar-refractivity contribution in [1.29, 1.82) is 0 Å². The number of nitrogens with one attached hydrogen (secondary N) is 1. The van der Waals surface area contributed by atoms with Gasteiger partial charge in [-0.25, -0.2) is 4.98 Å². The van der Waals surface area contributed by atoms with E-state index in [0.717, 1.165) is 33.8 Å². The molecule has 0 spiro atoms. The summed E-state index contributed by atoms with van der Waals surface area (Å²) in [7, 11) is 0. The summed E-state index contributed by atoms with van der Waals surface area (Å²) in [6, 6.07) is 25.1. The number of fused-ring (bicyclic) bond motifs is 1. The van der Waals surface area contributed by atoms with E-state index < -0.39 is 0 Å². The quantitative estimate of drug-likeness (QED) is 0.235. The molecule has 0 atom stereocenters. The molecule has 1 N–H and O–H groups in total. The summed E-state index contributed by atoms with van der Waals surface area (Å²) in [6.07, 6.45) is 2.56. The van der Waals surface area contributed by atoms with E-state index >= 15 is 0 Å². The SMILES string of the molecule is C=CCc1ccccc1OCc1ccc(C(=O)Nc2ccc(-c3nc4ccc(C)cc4s3)cc2)o1. The molecule has 5 aromatic rings. The van der Waals surface area contributed by atoms with Crippen LogP contribution >= 0.6 is 11.3 Å². The summed E-state index contributed by atoms with van der Waals surface area (Å²) in [5.74, 6) is 1.27. The smallest absolute Gasteiger partial charge is 0.291 e. The molecule has 174 valence electrons. The molecule has 1 amide bonds. The van der Waals surface area contributed by atoms with Gasteiger partial charge < -0.3 is 14.5 Å². The molecular formula is C29H24N2O3S. The Kier molecular flexibility index (Phi) is 6.46. The van der Waals surface area contributed by atoms with E-state index in [0.29, 0.717) is 11.4 Å². The van der Waals surface area contributed by atoms with Crippen LogP contribution in [-0.4, -0.2) is 10.9 Å². The van der Waals surface area contributed by atoms with Crippen molar-refractivity contribution in [2.24, 2.45) is 0 Å². The number of aryl methyl sites for hydroxylation is 1. The largest absolute Gasteiger partial charge is 0.485 e. The van der Waals surface area contributed by atoms with Gasteiger partial charge in [0.1, 0.15) is 23.1 Å². The second kappa shape index (κ2) is 9.99. The van der Waals surface area contributed by atoms with E-state index in [9.17, 15) is 4.79 Å². The summed E-state index contributed by atoms with van der Waals surface area (Å²) < 4.78 is 12.8. The average molecular weight is 481 g/mol. The zero-order chi connectivity index (χ0) is 24.2. The number of anilines is 1. The van der Waals surface area contributed by atoms with Crippen LogP contribution in [0.1, 0.15) is 27.4 Å². The van der Waals surface area contributed by atoms with Crippen LogP contribution in [0.5, 0.6) is 5.75 Å². The van der Waals surface area contributed by atoms with Crippen LogP contribution in [0.25, 0.3) is 20.8 Å². The van der Waals surface area contributed by atoms with Crippen molar-refractivity contribution < 1.29 is 13.9 Å². The van der Waals surface area contributed by atoms with Crippen LogP contribution in [0.15, 0.2) is 95.9 Å². The van der Waals surface area contributed by atoms with Gasteiger partial charge in [-0.3, -0.25) is 4.79 Å². The minimum Gasteiger partial charge on any atom is -0.485 e. The molecule has 0 bridgehead atoms. The molecule has 0 aliphatic rings. The minimum absolute atomic E-state index is 0.230. The number of furan rings is 1. The van der Waals surface area contributed by atoms with Gasteiger partial charge in [0.15, 0.2) is 5.76 Å². The van der Waals surface area contributed by atoms with E-state index in [-0.39, 0.29) is 18.3 Å². The Balaban J connectivity index is 1.22. The lowest BCUT2D eigenvalue weighted by Crippen LogP contribution is -2.10. The molecule has 0 aliphatic heterocycles. The number of para-hydroxylation sites is 1. The van der Waals surface area contributed by atoms with Gasteiger partial charge in [-0.2, -0.15) is 0 Å². The molecule has 3 aromatic carbocycles. The first-order valence-corrected chi connectivity index (χ1v) is 12.1. The van der Waals surface area contributed by atoms with E-state index in [4.69, 9.17) is 14.1 Å². The number of aromatic nitrogens is 1. The van der Waals surface area contributed by atoms with Crippen LogP contribution in [0, 0.1) is 6.92 Å². The lowest BCUT2D eigenvalue weighted by molar-refractivity contribution is 0.0992. The van der Waals surface area contributed by atoms with Crippen molar-refractivity contribution >= 4 is 33.1 Å². The molecule has 0 radical (unpaired) electrons. The number of carbonyl (C=O) groups excluding carboxylic acids is 1. The lowest BCUT2D eigenvalue weighted by Gasteiger charge is -2.09. The van der Waals surface area contributed by atoms with E-state index in [1.54, 1.807) is 23.5 Å². The van der Waals surface area contributed by atoms with E-state index in [1.165, 1.54) is 10.3 Å². The van der Waals surface area contributed by atoms with Crippen LogP contribution in [0.2, 0.25) is 0 Å². The monoisotopic (exact) mass is 480 g/mol. The van der Waals surface area contributed by atoms with Crippen LogP contribution < -0.4 is 10.1 Å². The van der Waals surface area contributed by atoms with Crippen LogP contribution in [-0.2, 0) is 13.0 Å². The number of allylic oxidation sites excluding steroid dienone is 1. The van der Waals surface area contributed by atoms with Crippen molar-refractivity contribution in [1.82, 2.24) is 4.98 Å². The fourth-order valence-electron chi connectivity index (χ4n) is 3.74. The average Bonchev–Trinajstić information content (AvgIpc) is 3.51. The van der Waals surface area contributed by atoms with E-state index in [1.807, 2.05) is 60.7 Å². The fraction of sp³-hybridized carbons (Fsp3) is 0.103. The number of benzene rings is 3. The Morgan fingerprint density at radius 3 is 2.74 bits per heavy atom. The molecule has 0 fully saturated rings. The van der Waals surface area contributed by atoms with Gasteiger partial charge in [0, 0.05) is 11.3 Å². The lowest BCUT2D eigenvalue weighted by atomic mass is 10.1. The summed E-state index contributed by atoms with van der Waals surface area (Å²) in [4.78, 5) is 17.4. The Morgan fingerprint density at radius 1 is 1.09 bits per heavy atom. The van der Waals surface area contributed by atoms with Crippen molar-refractivity contribution in [3.05, 3.63) is 114 Å². The molecule has 0 saturated carbocycles. The Morgan fingerprint density at radius 2 is 1.91 bits per heavy atom. The molecule has 6 heteroatoms. The first-order chi connectivity index (χ1) is 17.1. The fourth-order valence-corrected chi connectivity index (χ4v) is 4.81. The highest BCUT2D eigenvalue weighted by Gasteiger charge is 2.13. The zero-order valence-electron chi connectivity index (χ0n) is 19.3. The second-order valence-electron chi connectivity index (χ2n) is 8.18. The number of ether oxygens (including phenoxy) is 1. The third kappa shape index (κ3) is 5.18. The number of amides is 1. The minimum atomic E-state index is -0.313. The third-order valence-corrected chi connectivity index (χ3v) is 6.59. The highest BCUT2D eigenvalue weighted by atomic mass is 32.1. The number of rotatable bonds is 8. The predicted molar refractivity (Wildman–Crippen MR) is 141 cm³/mol. The van der Waals surface area contributed by atoms with Gasteiger partial charge in [-0.15, -0.1) is 17.9 Å². The molecule has 2 heterocycles. The third-order valence-electron chi connectivity index (χ3n) is 5.53. The van der Waals surface area contributed by atoms with Crippen molar-refractivity contribution in [2.75, 3.05) is 5.32 Å². The van der Waals surface area contributed by atoms with Crippen molar-refractivity contribution in [3.8, 4) is 16.3 Å². The number of carbonyl (C=O) groups is 1. The van der Waals surface area contributed by atoms with Gasteiger partial charge in [0.2, 0.25) is 0 Å². The number of thiazole rings is 1. The summed E-state index contributed by atoms with van der Waals surface area (Å²) in [5, 5.41) is 3.83. The second-order valence-corrected chi connectivity index (χ2v) is 9.21. The van der Waals surface area contributed by atoms with E-state index in [2.05, 4.69) is 31.0 Å². The Hall–Kier alpha value is -4.16. The van der Waals surface area contributed by atoms with Crippen molar-refractivity contribution in [2.45, 2.75) is 20.0 Å². The zero-order valence-corrected chi connectivity index (χ0v) is 20.1. The Labute approximate surface area is 207 Å². The van der Waals surface area contributed by atoms with Gasteiger partial charge in [-0.1, -0.05) is 30.3 Å². The predicted octanol–water partition coefficient (Wildman–Crippen LogP) is 7.42. The van der Waals surface area contributed by atoms with Crippen LogP contribution in [0.4, 0.5) is 5.69 Å². The van der Waals surface area contributed by atoms with Gasteiger partial charge >= 0.3 is 0 Å². The maximum absolute atomic E-state index is 12.7. The Bertz CT molecular complexity index is 1500. The van der Waals surface area contributed by atoms with Gasteiger partial charge in [-0.05, 0) is 79.1 Å². The number of hydrogen-bond acceptors (Lipinski definition) is 5. The standard InChI is InChI=1S/C29H24N2O3S/c1-3-6-20-7-4-5-8-25(20)33-18-23-14-16-26(34-23)28(32)30-22-12-10-21(11-13-22)29-31-24-15-9-19(2)17-27(24)35-29/h3-5,7-17H,1,6,18H2,2H3,(H,30,32). The normalized spacial score (nSPS) is 10.9. The number of hydrogen-bond donors (Lipinski definition) is 1. The van der Waals surface area contributed by atoms with Gasteiger partial charge in [0.25, 0.3) is 5.91 Å². The molecule has 0 unspecified atom stereocenters. The number of nitrogens with zero attached hydrogens (tertiary/aromatic N) is 1. The maximum atomic E-state index is 12.7. The highest BCUT2D eigenvalue weighted by Crippen LogP contribution is 2.31. The maximum Gasteiger partial charge on any atom is 0.291 e. The molecule has 5 nitrogen and oxygen atoms in total. The summed E-state index contributed by atoms with van der Waals surface area (Å²) in [5.41, 5.74) is 4.96. The topological polar surface area (TPSA) is 64.4 Å².